The fourth-order valence-corrected chi connectivity index (χ4v) is 1.19. The third-order valence-electron chi connectivity index (χ3n) is 1.14. The van der Waals surface area contributed by atoms with Crippen LogP contribution in [0.4, 0.5) is 5.82 Å². The first-order valence-corrected chi connectivity index (χ1v) is 4.47. The van der Waals surface area contributed by atoms with Crippen LogP contribution in [0.1, 0.15) is 17.4 Å². The Morgan fingerprint density at radius 1 is 1.67 bits per heavy atom. The van der Waals surface area contributed by atoms with Crippen LogP contribution < -0.4 is 5.73 Å². The number of rotatable bonds is 2. The summed E-state index contributed by atoms with van der Waals surface area (Å²) >= 11 is 1.20. The van der Waals surface area contributed by atoms with Crippen LogP contribution in [0.15, 0.2) is 12.4 Å². The van der Waals surface area contributed by atoms with E-state index in [4.69, 9.17) is 5.73 Å². The lowest BCUT2D eigenvalue weighted by molar-refractivity contribution is 0.108. The zero-order valence-corrected chi connectivity index (χ0v) is 7.47. The van der Waals surface area contributed by atoms with Gasteiger partial charge in [0.15, 0.2) is 0 Å². The lowest BCUT2D eigenvalue weighted by Gasteiger charge is -1.97. The van der Waals surface area contributed by atoms with E-state index in [2.05, 4.69) is 9.97 Å². The van der Waals surface area contributed by atoms with Crippen LogP contribution in [0.3, 0.4) is 0 Å². The zero-order valence-electron chi connectivity index (χ0n) is 6.65. The fraction of sp³-hybridized carbons (Fsp3) is 0.286. The van der Waals surface area contributed by atoms with Gasteiger partial charge in [0.25, 0.3) is 0 Å². The second-order valence-corrected chi connectivity index (χ2v) is 3.29. The molecule has 64 valence electrons. The number of hydrogen-bond donors (Lipinski definition) is 1. The third kappa shape index (κ3) is 2.20. The summed E-state index contributed by atoms with van der Waals surface area (Å²) in [5.74, 6) is 1.01. The predicted octanol–water partition coefficient (Wildman–Crippen LogP) is 0.952. The molecule has 0 aliphatic heterocycles. The summed E-state index contributed by atoms with van der Waals surface area (Å²) < 4.78 is 0. The number of nitrogens with two attached hydrogens (primary N) is 1. The Balaban J connectivity index is 2.81. The number of nitrogens with zero attached hydrogens (tertiary/aromatic N) is 2. The SMILES string of the molecule is CCSC(=O)c1cncc(N)n1. The van der Waals surface area contributed by atoms with Crippen molar-refractivity contribution in [2.75, 3.05) is 11.5 Å². The summed E-state index contributed by atoms with van der Waals surface area (Å²) in [4.78, 5) is 18.8. The maximum absolute atomic E-state index is 11.2. The molecular formula is C7H9N3OS. The zero-order chi connectivity index (χ0) is 8.97. The van der Waals surface area contributed by atoms with Gasteiger partial charge in [-0.2, -0.15) is 0 Å². The maximum Gasteiger partial charge on any atom is 0.239 e. The highest BCUT2D eigenvalue weighted by Gasteiger charge is 2.06. The van der Waals surface area contributed by atoms with Gasteiger partial charge in [0.2, 0.25) is 5.12 Å². The molecule has 0 bridgehead atoms. The van der Waals surface area contributed by atoms with Crippen LogP contribution in [0.25, 0.3) is 0 Å². The van der Waals surface area contributed by atoms with Gasteiger partial charge < -0.3 is 5.73 Å². The van der Waals surface area contributed by atoms with Crippen molar-refractivity contribution in [3.63, 3.8) is 0 Å². The van der Waals surface area contributed by atoms with Crippen LogP contribution in [0.2, 0.25) is 0 Å². The molecule has 0 saturated carbocycles. The summed E-state index contributed by atoms with van der Waals surface area (Å²) in [6.07, 6.45) is 2.83. The van der Waals surface area contributed by atoms with Crippen molar-refractivity contribution in [3.8, 4) is 0 Å². The van der Waals surface area contributed by atoms with Crippen LogP contribution >= 0.6 is 11.8 Å². The normalized spacial score (nSPS) is 9.75. The number of hydrogen-bond acceptors (Lipinski definition) is 5. The molecule has 0 unspecified atom stereocenters. The van der Waals surface area contributed by atoms with Crippen LogP contribution in [0.5, 0.6) is 0 Å². The first-order chi connectivity index (χ1) is 5.74. The van der Waals surface area contributed by atoms with Gasteiger partial charge in [-0.1, -0.05) is 18.7 Å². The molecule has 0 aromatic carbocycles. The molecule has 1 rings (SSSR count). The van der Waals surface area contributed by atoms with Crippen molar-refractivity contribution < 1.29 is 4.79 Å². The monoisotopic (exact) mass is 183 g/mol. The first-order valence-electron chi connectivity index (χ1n) is 3.48. The molecule has 5 heteroatoms. The highest BCUT2D eigenvalue weighted by atomic mass is 32.2. The van der Waals surface area contributed by atoms with Crippen molar-refractivity contribution in [1.29, 1.82) is 0 Å². The Labute approximate surface area is 74.6 Å². The van der Waals surface area contributed by atoms with Gasteiger partial charge in [-0.3, -0.25) is 9.78 Å². The smallest absolute Gasteiger partial charge is 0.239 e. The van der Waals surface area contributed by atoms with E-state index in [0.29, 0.717) is 5.69 Å². The van der Waals surface area contributed by atoms with Gasteiger partial charge in [-0.05, 0) is 5.75 Å². The minimum atomic E-state index is -0.0858. The molecule has 1 aromatic rings. The highest BCUT2D eigenvalue weighted by Crippen LogP contribution is 2.09. The van der Waals surface area contributed by atoms with E-state index in [9.17, 15) is 4.79 Å². The summed E-state index contributed by atoms with van der Waals surface area (Å²) in [7, 11) is 0. The van der Waals surface area contributed by atoms with Crippen LogP contribution in [0, 0.1) is 0 Å². The molecule has 0 spiro atoms. The van der Waals surface area contributed by atoms with Gasteiger partial charge in [0.1, 0.15) is 11.5 Å². The second kappa shape index (κ2) is 4.06. The maximum atomic E-state index is 11.2. The van der Waals surface area contributed by atoms with E-state index in [-0.39, 0.29) is 10.9 Å². The molecule has 2 N–H and O–H groups in total. The van der Waals surface area contributed by atoms with Gasteiger partial charge in [0.05, 0.1) is 12.4 Å². The fourth-order valence-electron chi connectivity index (χ4n) is 0.684. The Morgan fingerprint density at radius 2 is 2.42 bits per heavy atom. The Morgan fingerprint density at radius 3 is 3.00 bits per heavy atom. The van der Waals surface area contributed by atoms with Gasteiger partial charge in [-0.25, -0.2) is 4.98 Å². The van der Waals surface area contributed by atoms with Crippen molar-refractivity contribution in [3.05, 3.63) is 18.1 Å². The van der Waals surface area contributed by atoms with Crippen molar-refractivity contribution >= 4 is 22.7 Å². The number of thioether (sulfide) groups is 1. The topological polar surface area (TPSA) is 68.9 Å². The van der Waals surface area contributed by atoms with E-state index in [1.54, 1.807) is 0 Å². The van der Waals surface area contributed by atoms with E-state index in [1.165, 1.54) is 24.2 Å². The minimum Gasteiger partial charge on any atom is -0.382 e. The molecule has 0 fully saturated rings. The molecule has 4 nitrogen and oxygen atoms in total. The third-order valence-corrected chi connectivity index (χ3v) is 1.90. The lowest BCUT2D eigenvalue weighted by Crippen LogP contribution is -2.01. The summed E-state index contributed by atoms with van der Waals surface area (Å²) in [5, 5.41) is -0.0858. The number of anilines is 1. The van der Waals surface area contributed by atoms with E-state index < -0.39 is 0 Å². The van der Waals surface area contributed by atoms with Crippen LogP contribution in [-0.2, 0) is 0 Å². The van der Waals surface area contributed by atoms with E-state index >= 15 is 0 Å². The Hall–Kier alpha value is -1.10. The molecule has 0 radical (unpaired) electrons. The van der Waals surface area contributed by atoms with Crippen LogP contribution in [-0.4, -0.2) is 20.8 Å². The largest absolute Gasteiger partial charge is 0.382 e. The lowest BCUT2D eigenvalue weighted by atomic mass is 10.5. The van der Waals surface area contributed by atoms with Gasteiger partial charge in [0, 0.05) is 0 Å². The Bertz CT molecular complexity index is 290. The first kappa shape index (κ1) is 8.99. The molecule has 0 saturated heterocycles. The molecule has 12 heavy (non-hydrogen) atoms. The summed E-state index contributed by atoms with van der Waals surface area (Å²) in [6, 6.07) is 0. The number of carbonyl (C=O) groups is 1. The minimum absolute atomic E-state index is 0.0858. The van der Waals surface area contributed by atoms with E-state index in [1.807, 2.05) is 6.92 Å². The number of carbonyl (C=O) groups excluding carboxylic acids is 1. The molecular weight excluding hydrogens is 174 g/mol. The van der Waals surface area contributed by atoms with Gasteiger partial charge in [-0.15, -0.1) is 0 Å². The standard InChI is InChI=1S/C7H9N3OS/c1-2-12-7(11)5-3-9-4-6(8)10-5/h3-4H,2H2,1H3,(H2,8,10). The molecule has 0 aliphatic carbocycles. The average Bonchev–Trinajstić information content (AvgIpc) is 2.05. The molecule has 1 aromatic heterocycles. The number of aromatic nitrogens is 2. The number of nitrogen functional groups attached to an aromatic ring is 1. The van der Waals surface area contributed by atoms with E-state index in [0.717, 1.165) is 5.75 Å². The second-order valence-electron chi connectivity index (χ2n) is 2.05. The molecule has 0 amide bonds. The highest BCUT2D eigenvalue weighted by molar-refractivity contribution is 8.14. The summed E-state index contributed by atoms with van der Waals surface area (Å²) in [6.45, 7) is 1.91. The van der Waals surface area contributed by atoms with Gasteiger partial charge >= 0.3 is 0 Å². The molecule has 1 heterocycles. The molecule has 0 aliphatic rings. The average molecular weight is 183 g/mol. The summed E-state index contributed by atoms with van der Waals surface area (Å²) in [5.41, 5.74) is 5.68. The van der Waals surface area contributed by atoms with Crippen molar-refractivity contribution in [2.45, 2.75) is 6.92 Å². The quantitative estimate of drug-likeness (QED) is 0.739. The van der Waals surface area contributed by atoms with Crippen molar-refractivity contribution in [1.82, 2.24) is 9.97 Å². The molecule has 0 atom stereocenters. The van der Waals surface area contributed by atoms with Crippen molar-refractivity contribution in [2.24, 2.45) is 0 Å². The predicted molar refractivity (Wildman–Crippen MR) is 48.9 cm³/mol. The Kier molecular flexibility index (Phi) is 3.04.